The van der Waals surface area contributed by atoms with E-state index in [0.29, 0.717) is 25.2 Å². The van der Waals surface area contributed by atoms with Crippen molar-refractivity contribution in [1.82, 2.24) is 4.90 Å². The molecular formula is C16H20FNO4. The zero-order valence-electron chi connectivity index (χ0n) is 12.3. The molecule has 1 N–H and O–H groups in total. The van der Waals surface area contributed by atoms with Gasteiger partial charge in [0.05, 0.1) is 6.61 Å². The number of carbonyl (C=O) groups is 2. The number of halogens is 1. The van der Waals surface area contributed by atoms with E-state index in [1.54, 1.807) is 6.08 Å². The van der Waals surface area contributed by atoms with Crippen LogP contribution in [0.25, 0.3) is 0 Å². The molecule has 0 bridgehead atoms. The zero-order chi connectivity index (χ0) is 16.4. The molecule has 22 heavy (non-hydrogen) atoms. The standard InChI is InChI=1S/C16H20FNO4/c1-2-9-22-10-3-4-15(19)18(12-16(20)21)11-13-5-7-14(17)8-6-13/h2,5-8H,1,3-4,9-12H2,(H,20,21). The monoisotopic (exact) mass is 309 g/mol. The lowest BCUT2D eigenvalue weighted by atomic mass is 10.2. The summed E-state index contributed by atoms with van der Waals surface area (Å²) in [6.07, 6.45) is 2.32. The van der Waals surface area contributed by atoms with Gasteiger partial charge in [0.2, 0.25) is 5.91 Å². The molecule has 0 aromatic heterocycles. The highest BCUT2D eigenvalue weighted by molar-refractivity contribution is 5.81. The van der Waals surface area contributed by atoms with E-state index in [1.807, 2.05) is 0 Å². The van der Waals surface area contributed by atoms with Gasteiger partial charge in [-0.1, -0.05) is 18.2 Å². The SMILES string of the molecule is C=CCOCCCC(=O)N(CC(=O)O)Cc1ccc(F)cc1. The van der Waals surface area contributed by atoms with Crippen molar-refractivity contribution in [2.24, 2.45) is 0 Å². The van der Waals surface area contributed by atoms with Gasteiger partial charge in [-0.15, -0.1) is 6.58 Å². The first-order valence-corrected chi connectivity index (χ1v) is 6.95. The highest BCUT2D eigenvalue weighted by Gasteiger charge is 2.16. The minimum atomic E-state index is -1.08. The number of carbonyl (C=O) groups excluding carboxylic acids is 1. The van der Waals surface area contributed by atoms with Crippen LogP contribution in [-0.4, -0.2) is 41.6 Å². The van der Waals surface area contributed by atoms with Gasteiger partial charge in [-0.25, -0.2) is 4.39 Å². The fourth-order valence-electron chi connectivity index (χ4n) is 1.86. The molecule has 0 aliphatic heterocycles. The molecule has 0 aliphatic rings. The molecule has 1 aromatic rings. The first kappa shape index (κ1) is 17.8. The van der Waals surface area contributed by atoms with Gasteiger partial charge in [0.1, 0.15) is 12.4 Å². The summed E-state index contributed by atoms with van der Waals surface area (Å²) in [7, 11) is 0. The second-order valence-corrected chi connectivity index (χ2v) is 4.74. The molecule has 1 amide bonds. The molecule has 6 heteroatoms. The number of aliphatic carboxylic acids is 1. The number of carboxylic acid groups (broad SMARTS) is 1. The Hall–Kier alpha value is -2.21. The van der Waals surface area contributed by atoms with E-state index in [2.05, 4.69) is 6.58 Å². The summed E-state index contributed by atoms with van der Waals surface area (Å²) < 4.78 is 18.0. The van der Waals surface area contributed by atoms with Crippen molar-refractivity contribution >= 4 is 11.9 Å². The summed E-state index contributed by atoms with van der Waals surface area (Å²) in [5.74, 6) is -1.73. The minimum Gasteiger partial charge on any atom is -0.480 e. The summed E-state index contributed by atoms with van der Waals surface area (Å²) in [5, 5.41) is 8.91. The Bertz CT molecular complexity index is 501. The lowest BCUT2D eigenvalue weighted by Crippen LogP contribution is -2.35. The van der Waals surface area contributed by atoms with E-state index in [9.17, 15) is 14.0 Å². The van der Waals surface area contributed by atoms with Crippen LogP contribution >= 0.6 is 0 Å². The summed E-state index contributed by atoms with van der Waals surface area (Å²) >= 11 is 0. The molecule has 0 saturated carbocycles. The second kappa shape index (κ2) is 9.68. The Morgan fingerprint density at radius 3 is 2.59 bits per heavy atom. The number of rotatable bonds is 10. The van der Waals surface area contributed by atoms with Gasteiger partial charge in [0.25, 0.3) is 0 Å². The summed E-state index contributed by atoms with van der Waals surface area (Å²) in [5.41, 5.74) is 0.680. The first-order chi connectivity index (χ1) is 10.5. The van der Waals surface area contributed by atoms with Gasteiger partial charge >= 0.3 is 5.97 Å². The molecule has 0 aliphatic carbocycles. The van der Waals surface area contributed by atoms with Crippen LogP contribution in [-0.2, 0) is 20.9 Å². The molecule has 120 valence electrons. The average molecular weight is 309 g/mol. The molecule has 0 fully saturated rings. The van der Waals surface area contributed by atoms with E-state index in [4.69, 9.17) is 9.84 Å². The van der Waals surface area contributed by atoms with Gasteiger partial charge in [-0.3, -0.25) is 9.59 Å². The maximum absolute atomic E-state index is 12.9. The molecular weight excluding hydrogens is 289 g/mol. The van der Waals surface area contributed by atoms with Gasteiger partial charge in [0.15, 0.2) is 0 Å². The normalized spacial score (nSPS) is 10.2. The number of amides is 1. The predicted molar refractivity (Wildman–Crippen MR) is 79.7 cm³/mol. The van der Waals surface area contributed by atoms with Gasteiger partial charge < -0.3 is 14.7 Å². The van der Waals surface area contributed by atoms with E-state index >= 15 is 0 Å². The molecule has 0 atom stereocenters. The third kappa shape index (κ3) is 6.99. The van der Waals surface area contributed by atoms with Crippen LogP contribution in [0.3, 0.4) is 0 Å². The van der Waals surface area contributed by atoms with E-state index < -0.39 is 5.97 Å². The summed E-state index contributed by atoms with van der Waals surface area (Å²) in [6, 6.07) is 5.62. The van der Waals surface area contributed by atoms with Crippen LogP contribution in [0.2, 0.25) is 0 Å². The Labute approximate surface area is 129 Å². The Kier molecular flexibility index (Phi) is 7.85. The smallest absolute Gasteiger partial charge is 0.323 e. The number of hydrogen-bond acceptors (Lipinski definition) is 3. The maximum Gasteiger partial charge on any atom is 0.323 e. The average Bonchev–Trinajstić information content (AvgIpc) is 2.48. The molecule has 5 nitrogen and oxygen atoms in total. The molecule has 0 unspecified atom stereocenters. The third-order valence-corrected chi connectivity index (χ3v) is 2.88. The van der Waals surface area contributed by atoms with Gasteiger partial charge in [0, 0.05) is 19.6 Å². The molecule has 0 radical (unpaired) electrons. The number of benzene rings is 1. The van der Waals surface area contributed by atoms with Crippen molar-refractivity contribution in [3.05, 3.63) is 48.3 Å². The quantitative estimate of drug-likeness (QED) is 0.531. The zero-order valence-corrected chi connectivity index (χ0v) is 12.3. The van der Waals surface area contributed by atoms with E-state index in [0.717, 1.165) is 0 Å². The Morgan fingerprint density at radius 1 is 1.32 bits per heavy atom. The highest BCUT2D eigenvalue weighted by atomic mass is 19.1. The van der Waals surface area contributed by atoms with Gasteiger partial charge in [-0.2, -0.15) is 0 Å². The van der Waals surface area contributed by atoms with Crippen molar-refractivity contribution in [1.29, 1.82) is 0 Å². The molecule has 0 spiro atoms. The molecule has 0 saturated heterocycles. The number of ether oxygens (including phenoxy) is 1. The highest BCUT2D eigenvalue weighted by Crippen LogP contribution is 2.09. The molecule has 1 aromatic carbocycles. The van der Waals surface area contributed by atoms with E-state index in [1.165, 1.54) is 29.2 Å². The fourth-order valence-corrected chi connectivity index (χ4v) is 1.86. The van der Waals surface area contributed by atoms with Crippen molar-refractivity contribution in [3.63, 3.8) is 0 Å². The Balaban J connectivity index is 2.55. The van der Waals surface area contributed by atoms with Crippen LogP contribution in [0.5, 0.6) is 0 Å². The number of carboxylic acids is 1. The van der Waals surface area contributed by atoms with Crippen LogP contribution < -0.4 is 0 Å². The Morgan fingerprint density at radius 2 is 2.00 bits per heavy atom. The van der Waals surface area contributed by atoms with Crippen molar-refractivity contribution < 1.29 is 23.8 Å². The van der Waals surface area contributed by atoms with Crippen molar-refractivity contribution in [2.45, 2.75) is 19.4 Å². The summed E-state index contributed by atoms with van der Waals surface area (Å²) in [6.45, 7) is 4.10. The van der Waals surface area contributed by atoms with E-state index in [-0.39, 0.29) is 31.2 Å². The number of hydrogen-bond donors (Lipinski definition) is 1. The maximum atomic E-state index is 12.9. The fraction of sp³-hybridized carbons (Fsp3) is 0.375. The van der Waals surface area contributed by atoms with Crippen molar-refractivity contribution in [2.75, 3.05) is 19.8 Å². The molecule has 0 heterocycles. The number of nitrogens with zero attached hydrogens (tertiary/aromatic N) is 1. The topological polar surface area (TPSA) is 66.8 Å². The summed E-state index contributed by atoms with van der Waals surface area (Å²) in [4.78, 5) is 24.2. The van der Waals surface area contributed by atoms with Crippen LogP contribution in [0.4, 0.5) is 4.39 Å². The largest absolute Gasteiger partial charge is 0.480 e. The molecule has 1 rings (SSSR count). The minimum absolute atomic E-state index is 0.138. The van der Waals surface area contributed by atoms with Crippen molar-refractivity contribution in [3.8, 4) is 0 Å². The third-order valence-electron chi connectivity index (χ3n) is 2.88. The van der Waals surface area contributed by atoms with Gasteiger partial charge in [-0.05, 0) is 24.1 Å². The second-order valence-electron chi connectivity index (χ2n) is 4.74. The van der Waals surface area contributed by atoms with Crippen LogP contribution in [0.1, 0.15) is 18.4 Å². The lowest BCUT2D eigenvalue weighted by molar-refractivity contribution is -0.145. The van der Waals surface area contributed by atoms with Crippen LogP contribution in [0, 0.1) is 5.82 Å². The predicted octanol–water partition coefficient (Wildman–Crippen LogP) is 2.22. The van der Waals surface area contributed by atoms with Crippen LogP contribution in [0.15, 0.2) is 36.9 Å². The lowest BCUT2D eigenvalue weighted by Gasteiger charge is -2.21. The first-order valence-electron chi connectivity index (χ1n) is 6.95.